The van der Waals surface area contributed by atoms with Crippen LogP contribution in [0.4, 0.5) is 4.79 Å². The van der Waals surface area contributed by atoms with Crippen LogP contribution in [0.25, 0.3) is 5.00 Å². The quantitative estimate of drug-likeness (QED) is 0.406. The van der Waals surface area contributed by atoms with Crippen molar-refractivity contribution in [2.24, 2.45) is 4.99 Å². The molecular weight excluding hydrogens is 540 g/mol. The van der Waals surface area contributed by atoms with Crippen LogP contribution >= 0.6 is 34.3 Å². The Balaban J connectivity index is 1.40. The zero-order valence-electron chi connectivity index (χ0n) is 18.9. The number of halogens is 1. The summed E-state index contributed by atoms with van der Waals surface area (Å²) in [5.74, 6) is 1.48. The number of hydrogen-bond acceptors (Lipinski definition) is 8. The number of aliphatic imine (C=N–C) groups is 1. The van der Waals surface area contributed by atoms with Gasteiger partial charge in [-0.25, -0.2) is 17.9 Å². The van der Waals surface area contributed by atoms with Crippen LogP contribution in [0.1, 0.15) is 33.2 Å². The van der Waals surface area contributed by atoms with E-state index in [1.165, 1.54) is 11.0 Å². The minimum atomic E-state index is -3.91. The van der Waals surface area contributed by atoms with E-state index in [0.717, 1.165) is 55.3 Å². The van der Waals surface area contributed by atoms with E-state index in [4.69, 9.17) is 16.6 Å². The molecule has 0 spiro atoms. The first-order valence-corrected chi connectivity index (χ1v) is 14.6. The number of thiophene rings is 2. The van der Waals surface area contributed by atoms with Crippen LogP contribution in [0.5, 0.6) is 0 Å². The summed E-state index contributed by atoms with van der Waals surface area (Å²) in [4.78, 5) is 20.3. The Hall–Kier alpha value is -3.06. The number of aromatic nitrogens is 3. The second kappa shape index (κ2) is 8.80. The summed E-state index contributed by atoms with van der Waals surface area (Å²) in [5.41, 5.74) is 3.67. The topological polar surface area (TPSA) is 110 Å². The highest BCUT2D eigenvalue weighted by Crippen LogP contribution is 2.40. The number of nitrogens with one attached hydrogen (secondary N) is 1. The van der Waals surface area contributed by atoms with Gasteiger partial charge < -0.3 is 4.90 Å². The number of sulfonamides is 1. The minimum Gasteiger partial charge on any atom is -0.318 e. The lowest BCUT2D eigenvalue weighted by Gasteiger charge is -2.27. The minimum absolute atomic E-state index is 0.104. The Morgan fingerprint density at radius 3 is 2.78 bits per heavy atom. The van der Waals surface area contributed by atoms with Gasteiger partial charge in [0.2, 0.25) is 0 Å². The molecule has 0 saturated heterocycles. The molecule has 1 N–H and O–H groups in total. The van der Waals surface area contributed by atoms with Crippen LogP contribution in [0.2, 0.25) is 5.02 Å². The third-order valence-electron chi connectivity index (χ3n) is 6.15. The standard InChI is InChI=1S/C23H19ClN6O3S3/c1-13-26-27-18-11-25-21(14-5-2-3-6-16(14)24)20-15-8-9-29(12-17(15)35-22(20)30(13)18)23(31)28-36(32,33)19-7-4-10-34-19/h2-7,10H,8-9,11-12H2,1H3,(H,28,31). The molecule has 36 heavy (non-hydrogen) atoms. The van der Waals surface area contributed by atoms with Crippen molar-refractivity contribution in [3.63, 3.8) is 0 Å². The molecule has 0 fully saturated rings. The SMILES string of the molecule is Cc1nnc2n1-c1sc3c(c1C(c1ccccc1Cl)=NC2)CCN(C(=O)NS(=O)(=O)c1cccs1)C3. The van der Waals surface area contributed by atoms with E-state index in [1.54, 1.807) is 22.8 Å². The largest absolute Gasteiger partial charge is 0.331 e. The number of carbonyl (C=O) groups excluding carboxylic acids is 1. The van der Waals surface area contributed by atoms with E-state index in [2.05, 4.69) is 14.9 Å². The highest BCUT2D eigenvalue weighted by atomic mass is 35.5. The fraction of sp³-hybridized carbons (Fsp3) is 0.217. The predicted molar refractivity (Wildman–Crippen MR) is 139 cm³/mol. The Kier molecular flexibility index (Phi) is 5.71. The van der Waals surface area contributed by atoms with Gasteiger partial charge in [0.1, 0.15) is 21.6 Å². The molecule has 2 amide bonds. The van der Waals surface area contributed by atoms with Gasteiger partial charge in [0.15, 0.2) is 5.82 Å². The number of fused-ring (bicyclic) bond motifs is 5. The van der Waals surface area contributed by atoms with Gasteiger partial charge in [0, 0.05) is 27.6 Å². The monoisotopic (exact) mass is 558 g/mol. The summed E-state index contributed by atoms with van der Waals surface area (Å²) in [6, 6.07) is 10.1. The van der Waals surface area contributed by atoms with Crippen molar-refractivity contribution in [2.45, 2.75) is 30.6 Å². The molecular formula is C23H19ClN6O3S3. The van der Waals surface area contributed by atoms with Crippen molar-refractivity contribution < 1.29 is 13.2 Å². The maximum atomic E-state index is 12.9. The fourth-order valence-corrected chi connectivity index (χ4v) is 8.11. The summed E-state index contributed by atoms with van der Waals surface area (Å²) in [5, 5.41) is 11.8. The molecule has 2 aliphatic rings. The molecule has 0 radical (unpaired) electrons. The van der Waals surface area contributed by atoms with Crippen LogP contribution in [0.3, 0.4) is 0 Å². The molecule has 4 aromatic rings. The average Bonchev–Trinajstić information content (AvgIpc) is 3.57. The third kappa shape index (κ3) is 3.84. The molecule has 6 rings (SSSR count). The summed E-state index contributed by atoms with van der Waals surface area (Å²) >= 11 is 9.19. The molecule has 0 bridgehead atoms. The fourth-order valence-electron chi connectivity index (χ4n) is 4.49. The zero-order chi connectivity index (χ0) is 25.0. The number of hydrogen-bond donors (Lipinski definition) is 1. The molecule has 5 heterocycles. The van der Waals surface area contributed by atoms with E-state index in [9.17, 15) is 13.2 Å². The Labute approximate surface area is 220 Å². The highest BCUT2D eigenvalue weighted by molar-refractivity contribution is 7.92. The summed E-state index contributed by atoms with van der Waals surface area (Å²) in [7, 11) is -3.91. The molecule has 184 valence electrons. The van der Waals surface area contributed by atoms with Gasteiger partial charge >= 0.3 is 6.03 Å². The number of nitrogens with zero attached hydrogens (tertiary/aromatic N) is 5. The summed E-state index contributed by atoms with van der Waals surface area (Å²) in [6.07, 6.45) is 0.549. The predicted octanol–water partition coefficient (Wildman–Crippen LogP) is 4.16. The van der Waals surface area contributed by atoms with Crippen LogP contribution in [0.15, 0.2) is 51.0 Å². The van der Waals surface area contributed by atoms with Crippen molar-refractivity contribution in [3.05, 3.63) is 80.0 Å². The van der Waals surface area contributed by atoms with Crippen molar-refractivity contribution in [2.75, 3.05) is 6.54 Å². The molecule has 0 unspecified atom stereocenters. The first-order chi connectivity index (χ1) is 17.3. The van der Waals surface area contributed by atoms with E-state index in [1.807, 2.05) is 35.8 Å². The number of urea groups is 1. The maximum Gasteiger partial charge on any atom is 0.331 e. The van der Waals surface area contributed by atoms with Gasteiger partial charge in [0.25, 0.3) is 10.0 Å². The van der Waals surface area contributed by atoms with Gasteiger partial charge in [-0.15, -0.1) is 32.9 Å². The van der Waals surface area contributed by atoms with Gasteiger partial charge in [-0.05, 0) is 36.4 Å². The molecule has 0 aliphatic carbocycles. The number of carbonyl (C=O) groups is 1. The molecule has 9 nitrogen and oxygen atoms in total. The molecule has 13 heteroatoms. The Morgan fingerprint density at radius 1 is 1.17 bits per heavy atom. The van der Waals surface area contributed by atoms with Gasteiger partial charge in [-0.3, -0.25) is 9.56 Å². The van der Waals surface area contributed by atoms with E-state index < -0.39 is 16.1 Å². The normalized spacial score (nSPS) is 14.9. The van der Waals surface area contributed by atoms with E-state index in [-0.39, 0.29) is 10.8 Å². The average molecular weight is 559 g/mol. The molecule has 3 aromatic heterocycles. The molecule has 1 aromatic carbocycles. The van der Waals surface area contributed by atoms with Gasteiger partial charge in [-0.1, -0.05) is 35.9 Å². The van der Waals surface area contributed by atoms with Gasteiger partial charge in [0.05, 0.1) is 12.3 Å². The lowest BCUT2D eigenvalue weighted by Crippen LogP contribution is -2.44. The van der Waals surface area contributed by atoms with Crippen molar-refractivity contribution in [1.29, 1.82) is 0 Å². The second-order valence-electron chi connectivity index (χ2n) is 8.34. The number of benzene rings is 1. The summed E-state index contributed by atoms with van der Waals surface area (Å²) < 4.78 is 29.5. The Morgan fingerprint density at radius 2 is 2.00 bits per heavy atom. The summed E-state index contributed by atoms with van der Waals surface area (Å²) in [6.45, 7) is 2.91. The smallest absolute Gasteiger partial charge is 0.318 e. The first-order valence-electron chi connectivity index (χ1n) is 11.0. The van der Waals surface area contributed by atoms with Crippen molar-refractivity contribution in [3.8, 4) is 5.00 Å². The second-order valence-corrected chi connectivity index (χ2v) is 12.7. The third-order valence-corrected chi connectivity index (χ3v) is 10.4. The molecule has 2 aliphatic heterocycles. The maximum absolute atomic E-state index is 12.9. The van der Waals surface area contributed by atoms with Crippen LogP contribution < -0.4 is 4.72 Å². The highest BCUT2D eigenvalue weighted by Gasteiger charge is 2.34. The van der Waals surface area contributed by atoms with Crippen molar-refractivity contribution in [1.82, 2.24) is 24.4 Å². The van der Waals surface area contributed by atoms with E-state index >= 15 is 0 Å². The number of rotatable bonds is 3. The number of amides is 2. The lowest BCUT2D eigenvalue weighted by atomic mass is 9.95. The Bertz CT molecular complexity index is 1640. The lowest BCUT2D eigenvalue weighted by molar-refractivity contribution is 0.199. The van der Waals surface area contributed by atoms with Crippen molar-refractivity contribution >= 4 is 56.0 Å². The zero-order valence-corrected chi connectivity index (χ0v) is 22.1. The van der Waals surface area contributed by atoms with Crippen LogP contribution in [-0.4, -0.2) is 46.4 Å². The van der Waals surface area contributed by atoms with E-state index in [0.29, 0.717) is 24.5 Å². The first kappa shape index (κ1) is 23.3. The molecule has 0 saturated carbocycles. The number of aryl methyl sites for hydroxylation is 1. The molecule has 0 atom stereocenters. The van der Waals surface area contributed by atoms with Crippen LogP contribution in [-0.2, 0) is 29.5 Å². The van der Waals surface area contributed by atoms with Gasteiger partial charge in [-0.2, -0.15) is 0 Å². The van der Waals surface area contributed by atoms with Crippen LogP contribution in [0, 0.1) is 6.92 Å².